The third kappa shape index (κ3) is 3.13. The number of benzene rings is 1. The Kier molecular flexibility index (Phi) is 3.85. The smallest absolute Gasteiger partial charge is 0.165 e. The first-order valence-corrected chi connectivity index (χ1v) is 6.25. The summed E-state index contributed by atoms with van der Waals surface area (Å²) >= 11 is 0. The van der Waals surface area contributed by atoms with Gasteiger partial charge in [-0.25, -0.2) is 0 Å². The van der Waals surface area contributed by atoms with Crippen LogP contribution in [0.25, 0.3) is 0 Å². The molecule has 0 saturated carbocycles. The first-order chi connectivity index (χ1) is 9.10. The fourth-order valence-electron chi connectivity index (χ4n) is 1.81. The molecular formula is C14H18N4O. The van der Waals surface area contributed by atoms with Crippen LogP contribution in [-0.2, 0) is 6.54 Å². The predicted molar refractivity (Wildman–Crippen MR) is 74.8 cm³/mol. The predicted octanol–water partition coefficient (Wildman–Crippen LogP) is 2.68. The zero-order valence-corrected chi connectivity index (χ0v) is 11.2. The second-order valence-corrected chi connectivity index (χ2v) is 4.45. The molecular weight excluding hydrogens is 240 g/mol. The summed E-state index contributed by atoms with van der Waals surface area (Å²) in [5, 5.41) is 11.8. The molecule has 5 nitrogen and oxygen atoms in total. The Morgan fingerprint density at radius 1 is 1.47 bits per heavy atom. The van der Waals surface area contributed by atoms with Gasteiger partial charge in [-0.3, -0.25) is 10.1 Å². The molecule has 3 N–H and O–H groups in total. The fourth-order valence-corrected chi connectivity index (χ4v) is 1.81. The first-order valence-electron chi connectivity index (χ1n) is 6.25. The molecule has 0 fully saturated rings. The van der Waals surface area contributed by atoms with E-state index in [4.69, 9.17) is 15.9 Å². The van der Waals surface area contributed by atoms with Crippen molar-refractivity contribution in [2.24, 2.45) is 5.73 Å². The van der Waals surface area contributed by atoms with Gasteiger partial charge in [-0.2, -0.15) is 5.10 Å². The molecule has 0 radical (unpaired) electrons. The lowest BCUT2D eigenvalue weighted by atomic mass is 10.1. The molecule has 0 spiro atoms. The number of nitrogens with one attached hydrogen (secondary N) is 1. The Morgan fingerprint density at radius 3 is 2.95 bits per heavy atom. The zero-order chi connectivity index (χ0) is 13.8. The lowest BCUT2D eigenvalue weighted by molar-refractivity contribution is 0.479. The molecule has 0 aliphatic rings. The lowest BCUT2D eigenvalue weighted by Gasteiger charge is -2.09. The number of nitrogen functional groups attached to an aromatic ring is 1. The molecule has 1 heterocycles. The van der Waals surface area contributed by atoms with Crippen molar-refractivity contribution in [3.63, 3.8) is 0 Å². The van der Waals surface area contributed by atoms with Gasteiger partial charge in [0, 0.05) is 6.54 Å². The normalized spacial score (nSPS) is 10.4. The highest BCUT2D eigenvalue weighted by atomic mass is 16.5. The summed E-state index contributed by atoms with van der Waals surface area (Å²) in [6, 6.07) is 5.57. The van der Waals surface area contributed by atoms with E-state index in [1.165, 1.54) is 0 Å². The van der Waals surface area contributed by atoms with Crippen molar-refractivity contribution in [2.75, 3.05) is 0 Å². The van der Waals surface area contributed by atoms with Gasteiger partial charge in [0.05, 0.1) is 18.0 Å². The first kappa shape index (κ1) is 13.1. The Morgan fingerprint density at radius 2 is 2.26 bits per heavy atom. The van der Waals surface area contributed by atoms with Crippen molar-refractivity contribution in [3.05, 3.63) is 41.7 Å². The van der Waals surface area contributed by atoms with Gasteiger partial charge in [0.15, 0.2) is 5.75 Å². The molecule has 1 aromatic heterocycles. The van der Waals surface area contributed by atoms with Crippen molar-refractivity contribution in [3.8, 4) is 11.5 Å². The summed E-state index contributed by atoms with van der Waals surface area (Å²) in [6.07, 6.45) is 4.53. The van der Waals surface area contributed by atoms with Gasteiger partial charge in [0.1, 0.15) is 11.6 Å². The quantitative estimate of drug-likeness (QED) is 0.639. The van der Waals surface area contributed by atoms with Crippen molar-refractivity contribution in [1.29, 1.82) is 5.41 Å². The summed E-state index contributed by atoms with van der Waals surface area (Å²) in [5.41, 5.74) is 7.20. The van der Waals surface area contributed by atoms with Crippen molar-refractivity contribution < 1.29 is 4.74 Å². The van der Waals surface area contributed by atoms with Crippen LogP contribution in [0.1, 0.15) is 24.5 Å². The molecule has 0 atom stereocenters. The van der Waals surface area contributed by atoms with Crippen LogP contribution >= 0.6 is 0 Å². The van der Waals surface area contributed by atoms with Crippen LogP contribution in [0, 0.1) is 12.3 Å². The maximum atomic E-state index is 7.56. The number of hydrogen-bond acceptors (Lipinski definition) is 3. The molecule has 2 aromatic rings. The molecule has 0 aliphatic carbocycles. The van der Waals surface area contributed by atoms with Gasteiger partial charge in [-0.1, -0.05) is 13.0 Å². The minimum atomic E-state index is -0.00375. The van der Waals surface area contributed by atoms with E-state index in [9.17, 15) is 0 Å². The zero-order valence-electron chi connectivity index (χ0n) is 11.2. The van der Waals surface area contributed by atoms with E-state index in [1.54, 1.807) is 12.3 Å². The maximum Gasteiger partial charge on any atom is 0.165 e. The second kappa shape index (κ2) is 5.56. The van der Waals surface area contributed by atoms with Crippen LogP contribution in [0.4, 0.5) is 0 Å². The standard InChI is InChI=1S/C14H18N4O/c1-3-6-18-9-11(8-17-18)19-13-7-10(2)4-5-12(13)14(15)16/h4-5,7-9H,3,6H2,1-2H3,(H3,15,16). The van der Waals surface area contributed by atoms with E-state index in [0.29, 0.717) is 17.1 Å². The number of nitrogens with zero attached hydrogens (tertiary/aromatic N) is 2. The molecule has 19 heavy (non-hydrogen) atoms. The second-order valence-electron chi connectivity index (χ2n) is 4.45. The highest BCUT2D eigenvalue weighted by Crippen LogP contribution is 2.26. The number of amidine groups is 1. The van der Waals surface area contributed by atoms with E-state index in [0.717, 1.165) is 18.5 Å². The topological polar surface area (TPSA) is 76.9 Å². The highest BCUT2D eigenvalue weighted by molar-refractivity contribution is 5.97. The summed E-state index contributed by atoms with van der Waals surface area (Å²) in [4.78, 5) is 0. The molecule has 1 aromatic carbocycles. The van der Waals surface area contributed by atoms with Crippen LogP contribution in [0.5, 0.6) is 11.5 Å². The van der Waals surface area contributed by atoms with Gasteiger partial charge < -0.3 is 10.5 Å². The average Bonchev–Trinajstić information content (AvgIpc) is 2.77. The molecule has 0 amide bonds. The van der Waals surface area contributed by atoms with Gasteiger partial charge >= 0.3 is 0 Å². The number of aromatic nitrogens is 2. The summed E-state index contributed by atoms with van der Waals surface area (Å²) in [5.74, 6) is 1.24. The monoisotopic (exact) mass is 258 g/mol. The Labute approximate surface area is 112 Å². The molecule has 5 heteroatoms. The number of rotatable bonds is 5. The third-order valence-electron chi connectivity index (χ3n) is 2.72. The summed E-state index contributed by atoms with van der Waals surface area (Å²) < 4.78 is 7.61. The summed E-state index contributed by atoms with van der Waals surface area (Å²) in [6.45, 7) is 4.92. The van der Waals surface area contributed by atoms with Crippen LogP contribution in [-0.4, -0.2) is 15.6 Å². The number of aryl methyl sites for hydroxylation is 2. The van der Waals surface area contributed by atoms with E-state index >= 15 is 0 Å². The maximum absolute atomic E-state index is 7.56. The van der Waals surface area contributed by atoms with E-state index in [2.05, 4.69) is 12.0 Å². The molecule has 0 aliphatic heterocycles. The van der Waals surface area contributed by atoms with Crippen LogP contribution in [0.3, 0.4) is 0 Å². The molecule has 2 rings (SSSR count). The van der Waals surface area contributed by atoms with E-state index in [1.807, 2.05) is 29.9 Å². The van der Waals surface area contributed by atoms with Crippen molar-refractivity contribution >= 4 is 5.84 Å². The highest BCUT2D eigenvalue weighted by Gasteiger charge is 2.09. The van der Waals surface area contributed by atoms with E-state index < -0.39 is 0 Å². The van der Waals surface area contributed by atoms with Gasteiger partial charge in [-0.15, -0.1) is 0 Å². The Bertz CT molecular complexity index is 589. The lowest BCUT2D eigenvalue weighted by Crippen LogP contribution is -2.12. The molecule has 0 bridgehead atoms. The summed E-state index contributed by atoms with van der Waals surface area (Å²) in [7, 11) is 0. The molecule has 0 unspecified atom stereocenters. The minimum absolute atomic E-state index is 0.00375. The van der Waals surface area contributed by atoms with Crippen molar-refractivity contribution in [2.45, 2.75) is 26.8 Å². The van der Waals surface area contributed by atoms with Gasteiger partial charge in [0.25, 0.3) is 0 Å². The average molecular weight is 258 g/mol. The molecule has 100 valence electrons. The number of nitrogens with two attached hydrogens (primary N) is 1. The third-order valence-corrected chi connectivity index (χ3v) is 2.72. The van der Waals surface area contributed by atoms with Crippen LogP contribution in [0.15, 0.2) is 30.6 Å². The largest absolute Gasteiger partial charge is 0.453 e. The van der Waals surface area contributed by atoms with Crippen LogP contribution < -0.4 is 10.5 Å². The molecule has 0 saturated heterocycles. The minimum Gasteiger partial charge on any atom is -0.453 e. The van der Waals surface area contributed by atoms with Crippen molar-refractivity contribution in [1.82, 2.24) is 9.78 Å². The van der Waals surface area contributed by atoms with Crippen LogP contribution in [0.2, 0.25) is 0 Å². The van der Waals surface area contributed by atoms with E-state index in [-0.39, 0.29) is 5.84 Å². The fraction of sp³-hybridized carbons (Fsp3) is 0.286. The number of hydrogen-bond donors (Lipinski definition) is 2. The van der Waals surface area contributed by atoms with Gasteiger partial charge in [0.2, 0.25) is 0 Å². The SMILES string of the molecule is CCCn1cc(Oc2cc(C)ccc2C(=N)N)cn1. The van der Waals surface area contributed by atoms with Gasteiger partial charge in [-0.05, 0) is 31.0 Å². The number of ether oxygens (including phenoxy) is 1. The Hall–Kier alpha value is -2.30. The Balaban J connectivity index is 2.26.